The minimum absolute atomic E-state index is 0.101. The number of carbonyl (C=O) groups is 4. The number of nitrogens with zero attached hydrogens (tertiary/aromatic N) is 2. The van der Waals surface area contributed by atoms with Gasteiger partial charge in [0.15, 0.2) is 0 Å². The molecule has 0 spiro atoms. The summed E-state index contributed by atoms with van der Waals surface area (Å²) in [5, 5.41) is 14.7. The number of amides is 4. The highest BCUT2D eigenvalue weighted by atomic mass is 16.4. The van der Waals surface area contributed by atoms with Crippen molar-refractivity contribution in [3.63, 3.8) is 0 Å². The second-order valence-electron chi connectivity index (χ2n) is 9.53. The van der Waals surface area contributed by atoms with E-state index in [2.05, 4.69) is 10.6 Å². The molecule has 1 saturated heterocycles. The summed E-state index contributed by atoms with van der Waals surface area (Å²) in [5.74, 6) is -1.38. The molecule has 1 aliphatic heterocycles. The summed E-state index contributed by atoms with van der Waals surface area (Å²) in [6.45, 7) is 2.66. The monoisotopic (exact) mass is 528 g/mol. The summed E-state index contributed by atoms with van der Waals surface area (Å²) in [5.41, 5.74) is 3.94. The Balaban J connectivity index is 1.40. The molecular formula is C30H32N4O5. The van der Waals surface area contributed by atoms with Crippen molar-refractivity contribution in [3.05, 3.63) is 95.6 Å². The van der Waals surface area contributed by atoms with Crippen LogP contribution in [0.1, 0.15) is 23.1 Å². The van der Waals surface area contributed by atoms with Crippen molar-refractivity contribution in [3.8, 4) is 0 Å². The van der Waals surface area contributed by atoms with Crippen molar-refractivity contribution in [1.29, 1.82) is 0 Å². The Bertz CT molecular complexity index is 1330. The van der Waals surface area contributed by atoms with Gasteiger partial charge in [-0.25, -0.2) is 4.79 Å². The van der Waals surface area contributed by atoms with Gasteiger partial charge in [-0.2, -0.15) is 0 Å². The number of urea groups is 1. The molecule has 39 heavy (non-hydrogen) atoms. The smallest absolute Gasteiger partial charge is 0.323 e. The summed E-state index contributed by atoms with van der Waals surface area (Å²) >= 11 is 0. The Hall–Kier alpha value is -4.66. The first-order valence-electron chi connectivity index (χ1n) is 12.9. The van der Waals surface area contributed by atoms with Crippen LogP contribution in [0.3, 0.4) is 0 Å². The van der Waals surface area contributed by atoms with Gasteiger partial charge in [0.1, 0.15) is 6.04 Å². The molecule has 4 rings (SSSR count). The fourth-order valence-electron chi connectivity index (χ4n) is 4.60. The summed E-state index contributed by atoms with van der Waals surface area (Å²) in [7, 11) is 0. The van der Waals surface area contributed by atoms with Crippen LogP contribution in [0.5, 0.6) is 0 Å². The van der Waals surface area contributed by atoms with Gasteiger partial charge in [-0.05, 0) is 41.8 Å². The molecule has 0 saturated carbocycles. The molecule has 4 amide bonds. The largest absolute Gasteiger partial charge is 0.481 e. The number of para-hydroxylation sites is 1. The van der Waals surface area contributed by atoms with Gasteiger partial charge < -0.3 is 25.5 Å². The average Bonchev–Trinajstić information content (AvgIpc) is 2.92. The molecule has 0 radical (unpaired) electrons. The highest BCUT2D eigenvalue weighted by Crippen LogP contribution is 2.20. The fourth-order valence-corrected chi connectivity index (χ4v) is 4.60. The molecule has 1 aliphatic rings. The van der Waals surface area contributed by atoms with Gasteiger partial charge in [0, 0.05) is 37.4 Å². The van der Waals surface area contributed by atoms with E-state index in [4.69, 9.17) is 5.11 Å². The lowest BCUT2D eigenvalue weighted by molar-refractivity contribution is -0.152. The number of hydrogen-bond donors (Lipinski definition) is 3. The van der Waals surface area contributed by atoms with Crippen LogP contribution >= 0.6 is 0 Å². The van der Waals surface area contributed by atoms with Gasteiger partial charge in [-0.3, -0.25) is 14.4 Å². The number of benzene rings is 3. The van der Waals surface area contributed by atoms with Crippen molar-refractivity contribution in [2.45, 2.75) is 32.2 Å². The third kappa shape index (κ3) is 7.44. The Morgan fingerprint density at radius 1 is 0.872 bits per heavy atom. The summed E-state index contributed by atoms with van der Waals surface area (Å²) in [6, 6.07) is 22.9. The minimum Gasteiger partial charge on any atom is -0.481 e. The van der Waals surface area contributed by atoms with Crippen LogP contribution in [0.25, 0.3) is 0 Å². The molecule has 1 heterocycles. The number of aryl methyl sites for hydroxylation is 1. The number of carboxylic acids is 1. The van der Waals surface area contributed by atoms with Gasteiger partial charge in [0.25, 0.3) is 0 Å². The quantitative estimate of drug-likeness (QED) is 0.389. The lowest BCUT2D eigenvalue weighted by atomic mass is 9.99. The SMILES string of the molecule is Cc1ccccc1NC(=O)Nc1ccc(CC(=O)N2CCN(CCC(=O)O)C(=O)C2Cc2ccccc2)cc1. The van der Waals surface area contributed by atoms with Crippen molar-refractivity contribution in [2.24, 2.45) is 0 Å². The summed E-state index contributed by atoms with van der Waals surface area (Å²) in [4.78, 5) is 53.2. The summed E-state index contributed by atoms with van der Waals surface area (Å²) < 4.78 is 0. The minimum atomic E-state index is -0.966. The van der Waals surface area contributed by atoms with E-state index < -0.39 is 12.0 Å². The molecule has 9 nitrogen and oxygen atoms in total. The van der Waals surface area contributed by atoms with Gasteiger partial charge in [0.05, 0.1) is 12.8 Å². The van der Waals surface area contributed by atoms with E-state index in [0.29, 0.717) is 25.2 Å². The fraction of sp³-hybridized carbons (Fsp3) is 0.267. The van der Waals surface area contributed by atoms with Gasteiger partial charge >= 0.3 is 12.0 Å². The molecule has 0 aliphatic carbocycles. The van der Waals surface area contributed by atoms with Crippen LogP contribution in [-0.2, 0) is 27.2 Å². The lowest BCUT2D eigenvalue weighted by Gasteiger charge is -2.41. The number of carboxylic acid groups (broad SMARTS) is 1. The molecular weight excluding hydrogens is 496 g/mol. The number of carbonyl (C=O) groups excluding carboxylic acids is 3. The van der Waals surface area contributed by atoms with Crippen molar-refractivity contribution in [1.82, 2.24) is 9.80 Å². The second-order valence-corrected chi connectivity index (χ2v) is 9.53. The second kappa shape index (κ2) is 12.7. The summed E-state index contributed by atoms with van der Waals surface area (Å²) in [6.07, 6.45) is 0.318. The van der Waals surface area contributed by atoms with Gasteiger partial charge in [-0.15, -0.1) is 0 Å². The van der Waals surface area contributed by atoms with Crippen LogP contribution in [0, 0.1) is 6.92 Å². The van der Waals surface area contributed by atoms with Gasteiger partial charge in [0.2, 0.25) is 11.8 Å². The first-order chi connectivity index (χ1) is 18.8. The van der Waals surface area contributed by atoms with E-state index >= 15 is 0 Å². The number of hydrogen-bond acceptors (Lipinski definition) is 4. The van der Waals surface area contributed by atoms with Crippen LogP contribution < -0.4 is 10.6 Å². The zero-order chi connectivity index (χ0) is 27.8. The van der Waals surface area contributed by atoms with Crippen LogP contribution in [-0.4, -0.2) is 64.4 Å². The molecule has 3 N–H and O–H groups in total. The zero-order valence-corrected chi connectivity index (χ0v) is 21.8. The van der Waals surface area contributed by atoms with Crippen molar-refractivity contribution >= 4 is 35.2 Å². The Morgan fingerprint density at radius 3 is 2.26 bits per heavy atom. The third-order valence-electron chi connectivity index (χ3n) is 6.73. The van der Waals surface area contributed by atoms with Crippen LogP contribution in [0.2, 0.25) is 0 Å². The van der Waals surface area contributed by atoms with Crippen molar-refractivity contribution < 1.29 is 24.3 Å². The average molecular weight is 529 g/mol. The Kier molecular flexibility index (Phi) is 8.94. The Labute approximate surface area is 227 Å². The molecule has 1 fully saturated rings. The van der Waals surface area contributed by atoms with E-state index in [9.17, 15) is 19.2 Å². The van der Waals surface area contributed by atoms with Crippen molar-refractivity contribution in [2.75, 3.05) is 30.3 Å². The number of aliphatic carboxylic acids is 1. The van der Waals surface area contributed by atoms with E-state index in [1.807, 2.05) is 61.5 Å². The molecule has 202 valence electrons. The maximum absolute atomic E-state index is 13.4. The van der Waals surface area contributed by atoms with E-state index in [-0.39, 0.29) is 37.2 Å². The van der Waals surface area contributed by atoms with Crippen LogP contribution in [0.15, 0.2) is 78.9 Å². The van der Waals surface area contributed by atoms with Crippen LogP contribution in [0.4, 0.5) is 16.2 Å². The number of piperazine rings is 1. The number of rotatable bonds is 9. The molecule has 0 aromatic heterocycles. The normalized spacial score (nSPS) is 15.1. The standard InChI is InChI=1S/C30H32N4O5/c1-21-7-5-6-10-25(21)32-30(39)31-24-13-11-23(12-14-24)20-27(35)34-18-17-33(16-15-28(36)37)29(38)26(34)19-22-8-3-2-4-9-22/h2-14,26H,15-20H2,1H3,(H,36,37)(H2,31,32,39). The molecule has 3 aromatic carbocycles. The van der Waals surface area contributed by atoms with Gasteiger partial charge in [-0.1, -0.05) is 60.7 Å². The zero-order valence-electron chi connectivity index (χ0n) is 21.8. The first kappa shape index (κ1) is 27.4. The maximum atomic E-state index is 13.4. The maximum Gasteiger partial charge on any atom is 0.323 e. The van der Waals surface area contributed by atoms with E-state index in [1.165, 1.54) is 4.90 Å². The number of nitrogens with one attached hydrogen (secondary N) is 2. The molecule has 1 unspecified atom stereocenters. The number of anilines is 2. The third-order valence-corrected chi connectivity index (χ3v) is 6.73. The topological polar surface area (TPSA) is 119 Å². The predicted octanol–water partition coefficient (Wildman–Crippen LogP) is 3.94. The highest BCUT2D eigenvalue weighted by Gasteiger charge is 2.37. The van der Waals surface area contributed by atoms with E-state index in [0.717, 1.165) is 22.4 Å². The first-order valence-corrected chi connectivity index (χ1v) is 12.9. The molecule has 3 aromatic rings. The predicted molar refractivity (Wildman–Crippen MR) is 148 cm³/mol. The lowest BCUT2D eigenvalue weighted by Crippen LogP contribution is -2.60. The molecule has 1 atom stereocenters. The van der Waals surface area contributed by atoms with E-state index in [1.54, 1.807) is 29.2 Å². The Morgan fingerprint density at radius 2 is 1.56 bits per heavy atom. The highest BCUT2D eigenvalue weighted by molar-refractivity contribution is 6.00. The molecule has 9 heteroatoms. The molecule has 0 bridgehead atoms.